The molecule has 4 heteroatoms. The lowest BCUT2D eigenvalue weighted by molar-refractivity contribution is 0.318. The van der Waals surface area contributed by atoms with Crippen molar-refractivity contribution >= 4 is 23.2 Å². The summed E-state index contributed by atoms with van der Waals surface area (Å²) < 4.78 is 0. The number of rotatable bonds is 5. The van der Waals surface area contributed by atoms with E-state index < -0.39 is 0 Å². The summed E-state index contributed by atoms with van der Waals surface area (Å²) in [7, 11) is 0. The van der Waals surface area contributed by atoms with Crippen molar-refractivity contribution in [1.29, 1.82) is 0 Å². The van der Waals surface area contributed by atoms with Crippen LogP contribution in [0.2, 0.25) is 0 Å². The highest BCUT2D eigenvalue weighted by molar-refractivity contribution is 7.99. The van der Waals surface area contributed by atoms with E-state index >= 15 is 0 Å². The van der Waals surface area contributed by atoms with Crippen molar-refractivity contribution in [2.75, 3.05) is 29.5 Å². The highest BCUT2D eigenvalue weighted by atomic mass is 32.2. The molecule has 104 valence electrons. The van der Waals surface area contributed by atoms with Gasteiger partial charge in [0.25, 0.3) is 0 Å². The summed E-state index contributed by atoms with van der Waals surface area (Å²) in [6.45, 7) is 4.34. The molecule has 0 spiro atoms. The molecule has 1 N–H and O–H groups in total. The molecule has 3 nitrogen and oxygen atoms in total. The van der Waals surface area contributed by atoms with Crippen LogP contribution in [0.3, 0.4) is 0 Å². The fraction of sp³-hybridized carbons (Fsp3) is 0.533. The SMILES string of the molecule is CCSCCCN1CCC/C(=N/O)c2ccccc21. The van der Waals surface area contributed by atoms with Gasteiger partial charge in [0, 0.05) is 24.3 Å². The first-order valence-corrected chi connectivity index (χ1v) is 8.15. The normalized spacial score (nSPS) is 17.3. The molecule has 0 saturated heterocycles. The van der Waals surface area contributed by atoms with Gasteiger partial charge in [-0.15, -0.1) is 0 Å². The molecule has 2 rings (SSSR count). The molecule has 1 aromatic rings. The number of hydrogen-bond donors (Lipinski definition) is 1. The Morgan fingerprint density at radius 1 is 1.37 bits per heavy atom. The molecule has 0 aromatic heterocycles. The molecule has 0 aliphatic carbocycles. The minimum absolute atomic E-state index is 0.820. The van der Waals surface area contributed by atoms with Crippen molar-refractivity contribution < 1.29 is 5.21 Å². The molecule has 1 heterocycles. The second kappa shape index (κ2) is 7.43. The van der Waals surface area contributed by atoms with Crippen LogP contribution in [0.5, 0.6) is 0 Å². The number of benzene rings is 1. The minimum atomic E-state index is 0.820. The highest BCUT2D eigenvalue weighted by Gasteiger charge is 2.18. The molecule has 0 unspecified atom stereocenters. The molecule has 0 fully saturated rings. The molecule has 0 bridgehead atoms. The number of fused-ring (bicyclic) bond motifs is 1. The van der Waals surface area contributed by atoms with E-state index in [2.05, 4.69) is 35.2 Å². The second-order valence-electron chi connectivity index (χ2n) is 4.70. The van der Waals surface area contributed by atoms with E-state index in [1.54, 1.807) is 0 Å². The summed E-state index contributed by atoms with van der Waals surface area (Å²) in [4.78, 5) is 2.43. The number of thioether (sulfide) groups is 1. The lowest BCUT2D eigenvalue weighted by Crippen LogP contribution is -2.25. The summed E-state index contributed by atoms with van der Waals surface area (Å²) in [5.74, 6) is 2.41. The van der Waals surface area contributed by atoms with Gasteiger partial charge in [0.05, 0.1) is 5.71 Å². The van der Waals surface area contributed by atoms with Gasteiger partial charge in [0.15, 0.2) is 0 Å². The highest BCUT2D eigenvalue weighted by Crippen LogP contribution is 2.26. The lowest BCUT2D eigenvalue weighted by Gasteiger charge is -2.24. The molecule has 1 aliphatic heterocycles. The zero-order chi connectivity index (χ0) is 13.5. The Morgan fingerprint density at radius 3 is 3.00 bits per heavy atom. The zero-order valence-electron chi connectivity index (χ0n) is 11.5. The molecular weight excluding hydrogens is 256 g/mol. The van der Waals surface area contributed by atoms with E-state index in [1.165, 1.54) is 23.6 Å². The van der Waals surface area contributed by atoms with Crippen molar-refractivity contribution in [3.8, 4) is 0 Å². The first kappa shape index (κ1) is 14.3. The Balaban J connectivity index is 2.12. The maximum Gasteiger partial charge on any atom is 0.0889 e. The third-order valence-electron chi connectivity index (χ3n) is 3.44. The number of nitrogens with zero attached hydrogens (tertiary/aromatic N) is 2. The van der Waals surface area contributed by atoms with Crippen molar-refractivity contribution in [2.45, 2.75) is 26.2 Å². The minimum Gasteiger partial charge on any atom is -0.411 e. The quantitative estimate of drug-likeness (QED) is 0.508. The smallest absolute Gasteiger partial charge is 0.0889 e. The Kier molecular flexibility index (Phi) is 5.58. The number of anilines is 1. The molecule has 0 saturated carbocycles. The average Bonchev–Trinajstić information content (AvgIpc) is 2.63. The van der Waals surface area contributed by atoms with Crippen LogP contribution in [0.1, 0.15) is 31.7 Å². The maximum absolute atomic E-state index is 9.16. The summed E-state index contributed by atoms with van der Waals surface area (Å²) in [5.41, 5.74) is 3.13. The van der Waals surface area contributed by atoms with Crippen LogP contribution in [0.25, 0.3) is 0 Å². The molecule has 1 aliphatic rings. The average molecular weight is 278 g/mol. The van der Waals surface area contributed by atoms with E-state index in [-0.39, 0.29) is 0 Å². The monoisotopic (exact) mass is 278 g/mol. The van der Waals surface area contributed by atoms with Crippen LogP contribution in [0.4, 0.5) is 5.69 Å². The summed E-state index contributed by atoms with van der Waals surface area (Å²) in [6, 6.07) is 8.27. The maximum atomic E-state index is 9.16. The lowest BCUT2D eigenvalue weighted by atomic mass is 10.1. The van der Waals surface area contributed by atoms with Gasteiger partial charge < -0.3 is 10.1 Å². The van der Waals surface area contributed by atoms with Gasteiger partial charge in [-0.25, -0.2) is 0 Å². The van der Waals surface area contributed by atoms with Gasteiger partial charge in [-0.2, -0.15) is 11.8 Å². The Labute approximate surface area is 119 Å². The zero-order valence-corrected chi connectivity index (χ0v) is 12.3. The van der Waals surface area contributed by atoms with E-state index in [0.29, 0.717) is 0 Å². The first-order valence-electron chi connectivity index (χ1n) is 7.00. The van der Waals surface area contributed by atoms with Crippen molar-refractivity contribution in [3.63, 3.8) is 0 Å². The van der Waals surface area contributed by atoms with E-state index in [9.17, 15) is 0 Å². The summed E-state index contributed by atoms with van der Waals surface area (Å²) >= 11 is 2.00. The van der Waals surface area contributed by atoms with Gasteiger partial charge in [0.1, 0.15) is 0 Å². The van der Waals surface area contributed by atoms with E-state index in [4.69, 9.17) is 5.21 Å². The largest absolute Gasteiger partial charge is 0.411 e. The van der Waals surface area contributed by atoms with Crippen LogP contribution >= 0.6 is 11.8 Å². The van der Waals surface area contributed by atoms with Crippen molar-refractivity contribution in [2.24, 2.45) is 5.16 Å². The molecule has 19 heavy (non-hydrogen) atoms. The van der Waals surface area contributed by atoms with Gasteiger partial charge in [-0.1, -0.05) is 30.3 Å². The summed E-state index contributed by atoms with van der Waals surface area (Å²) in [6.07, 6.45) is 3.11. The third kappa shape index (κ3) is 3.66. The fourth-order valence-electron chi connectivity index (χ4n) is 2.52. The van der Waals surface area contributed by atoms with Crippen LogP contribution in [-0.4, -0.2) is 35.5 Å². The predicted octanol–water partition coefficient (Wildman–Crippen LogP) is 3.61. The van der Waals surface area contributed by atoms with Gasteiger partial charge in [-0.05, 0) is 36.8 Å². The topological polar surface area (TPSA) is 35.8 Å². The van der Waals surface area contributed by atoms with Crippen LogP contribution in [-0.2, 0) is 0 Å². The first-order chi connectivity index (χ1) is 9.36. The molecular formula is C15H22N2OS. The predicted molar refractivity (Wildman–Crippen MR) is 83.8 cm³/mol. The second-order valence-corrected chi connectivity index (χ2v) is 6.10. The van der Waals surface area contributed by atoms with Crippen LogP contribution in [0.15, 0.2) is 29.4 Å². The molecule has 0 amide bonds. The fourth-order valence-corrected chi connectivity index (χ4v) is 3.15. The third-order valence-corrected chi connectivity index (χ3v) is 4.42. The number of para-hydroxylation sites is 1. The van der Waals surface area contributed by atoms with Crippen LogP contribution in [0, 0.1) is 0 Å². The summed E-state index contributed by atoms with van der Waals surface area (Å²) in [5, 5.41) is 12.6. The van der Waals surface area contributed by atoms with Crippen molar-refractivity contribution in [3.05, 3.63) is 29.8 Å². The van der Waals surface area contributed by atoms with Crippen LogP contribution < -0.4 is 4.90 Å². The Hall–Kier alpha value is -1.16. The van der Waals surface area contributed by atoms with Gasteiger partial charge in [-0.3, -0.25) is 0 Å². The van der Waals surface area contributed by atoms with Gasteiger partial charge in [0.2, 0.25) is 0 Å². The molecule has 0 radical (unpaired) electrons. The van der Waals surface area contributed by atoms with Gasteiger partial charge >= 0.3 is 0 Å². The number of oxime groups is 1. The van der Waals surface area contributed by atoms with E-state index in [1.807, 2.05) is 17.8 Å². The van der Waals surface area contributed by atoms with E-state index in [0.717, 1.165) is 37.2 Å². The van der Waals surface area contributed by atoms with Crippen molar-refractivity contribution in [1.82, 2.24) is 0 Å². The number of hydrogen-bond acceptors (Lipinski definition) is 4. The standard InChI is InChI=1S/C15H22N2OS/c1-2-19-12-6-11-17-10-5-8-14(16-18)13-7-3-4-9-15(13)17/h3-4,7,9,18H,2,5-6,8,10-12H2,1H3/b16-14-. The Bertz CT molecular complexity index is 434. The Morgan fingerprint density at radius 2 is 2.21 bits per heavy atom. The molecule has 1 aromatic carbocycles. The molecule has 0 atom stereocenters.